The number of rotatable bonds is 5. The number of azide groups is 1. The molecule has 0 aliphatic carbocycles. The first-order valence-corrected chi connectivity index (χ1v) is 6.19. The topological polar surface area (TPSA) is 119 Å². The molecule has 0 aliphatic heterocycles. The quantitative estimate of drug-likeness (QED) is 0.380. The molecule has 1 aromatic heterocycles. The molecule has 0 unspecified atom stereocenters. The van der Waals surface area contributed by atoms with Crippen LogP contribution in [0.2, 0.25) is 0 Å². The van der Waals surface area contributed by atoms with E-state index in [4.69, 9.17) is 10.6 Å². The van der Waals surface area contributed by atoms with Gasteiger partial charge in [0, 0.05) is 28.6 Å². The van der Waals surface area contributed by atoms with E-state index in [2.05, 4.69) is 15.0 Å². The number of pyridine rings is 1. The van der Waals surface area contributed by atoms with Gasteiger partial charge in [-0.1, -0.05) is 23.3 Å². The van der Waals surface area contributed by atoms with Crippen LogP contribution in [0.5, 0.6) is 0 Å². The lowest BCUT2D eigenvalue weighted by Gasteiger charge is -2.01. The van der Waals surface area contributed by atoms with Crippen molar-refractivity contribution in [1.29, 1.82) is 0 Å². The summed E-state index contributed by atoms with van der Waals surface area (Å²) >= 11 is 0. The summed E-state index contributed by atoms with van der Waals surface area (Å²) < 4.78 is 0. The molecule has 7 heteroatoms. The molecule has 2 rings (SSSR count). The van der Waals surface area contributed by atoms with Gasteiger partial charge in [-0.15, -0.1) is 0 Å². The number of aromatic nitrogens is 1. The highest BCUT2D eigenvalue weighted by atomic mass is 16.4. The molecule has 0 saturated carbocycles. The molecular weight excluding hydrogens is 272 g/mol. The third kappa shape index (κ3) is 3.29. The van der Waals surface area contributed by atoms with Crippen molar-refractivity contribution in [3.05, 3.63) is 62.3 Å². The van der Waals surface area contributed by atoms with Crippen LogP contribution in [-0.2, 0) is 0 Å². The van der Waals surface area contributed by atoms with Crippen molar-refractivity contribution in [3.8, 4) is 0 Å². The normalized spacial score (nSPS) is 10.7. The van der Waals surface area contributed by atoms with Gasteiger partial charge < -0.3 is 10.1 Å². The number of H-pyrrole nitrogens is 1. The van der Waals surface area contributed by atoms with Gasteiger partial charge in [-0.3, -0.25) is 4.79 Å². The highest BCUT2D eigenvalue weighted by molar-refractivity contribution is 5.92. The fourth-order valence-electron chi connectivity index (χ4n) is 1.90. The standard InChI is InChI=1S/C14H12N4O3/c15-18-17-6-2-1-3-9-4-5-12-10(7-9)13(19)11(8-16-12)14(20)21/h1,3-5,7-8H,2,6H2,(H,16,19)(H,20,21). The van der Waals surface area contributed by atoms with Crippen LogP contribution < -0.4 is 5.43 Å². The third-order valence-corrected chi connectivity index (χ3v) is 2.90. The predicted molar refractivity (Wildman–Crippen MR) is 79.2 cm³/mol. The number of carboxylic acid groups (broad SMARTS) is 1. The van der Waals surface area contributed by atoms with E-state index in [9.17, 15) is 9.59 Å². The highest BCUT2D eigenvalue weighted by Crippen LogP contribution is 2.13. The Bertz CT molecular complexity index is 817. The number of nitrogens with one attached hydrogen (secondary N) is 1. The molecular formula is C14H12N4O3. The smallest absolute Gasteiger partial charge is 0.341 e. The summed E-state index contributed by atoms with van der Waals surface area (Å²) in [5.74, 6) is -1.26. The van der Waals surface area contributed by atoms with Gasteiger partial charge in [-0.2, -0.15) is 0 Å². The van der Waals surface area contributed by atoms with Crippen LogP contribution >= 0.6 is 0 Å². The summed E-state index contributed by atoms with van der Waals surface area (Å²) in [6, 6.07) is 5.16. The Balaban J connectivity index is 2.36. The number of hydrogen-bond donors (Lipinski definition) is 2. The second-order valence-corrected chi connectivity index (χ2v) is 4.29. The van der Waals surface area contributed by atoms with Crippen molar-refractivity contribution in [3.63, 3.8) is 0 Å². The van der Waals surface area contributed by atoms with Crippen LogP contribution in [0.3, 0.4) is 0 Å². The minimum Gasteiger partial charge on any atom is -0.477 e. The maximum absolute atomic E-state index is 12.1. The fraction of sp³-hybridized carbons (Fsp3) is 0.143. The molecule has 7 nitrogen and oxygen atoms in total. The lowest BCUT2D eigenvalue weighted by Crippen LogP contribution is -2.15. The van der Waals surface area contributed by atoms with E-state index in [1.165, 1.54) is 6.20 Å². The summed E-state index contributed by atoms with van der Waals surface area (Å²) in [5.41, 5.74) is 8.71. The molecule has 0 fully saturated rings. The summed E-state index contributed by atoms with van der Waals surface area (Å²) in [6.07, 6.45) is 5.40. The van der Waals surface area contributed by atoms with Gasteiger partial charge in [0.05, 0.1) is 0 Å². The van der Waals surface area contributed by atoms with E-state index in [0.29, 0.717) is 23.9 Å². The Morgan fingerprint density at radius 3 is 3.00 bits per heavy atom. The van der Waals surface area contributed by atoms with Crippen LogP contribution in [-0.4, -0.2) is 22.6 Å². The molecule has 0 saturated heterocycles. The molecule has 1 heterocycles. The van der Waals surface area contributed by atoms with Crippen molar-refractivity contribution < 1.29 is 9.90 Å². The number of fused-ring (bicyclic) bond motifs is 1. The van der Waals surface area contributed by atoms with E-state index in [1.807, 2.05) is 12.1 Å². The number of carbonyl (C=O) groups is 1. The second-order valence-electron chi connectivity index (χ2n) is 4.29. The number of aromatic amines is 1. The van der Waals surface area contributed by atoms with Gasteiger partial charge >= 0.3 is 5.97 Å². The Kier molecular flexibility index (Phi) is 4.38. The van der Waals surface area contributed by atoms with Gasteiger partial charge in [-0.05, 0) is 29.6 Å². The van der Waals surface area contributed by atoms with Gasteiger partial charge in [0.25, 0.3) is 0 Å². The minimum atomic E-state index is -1.26. The van der Waals surface area contributed by atoms with Crippen LogP contribution in [0.15, 0.2) is 40.4 Å². The number of aromatic carboxylic acids is 1. The van der Waals surface area contributed by atoms with Crippen molar-refractivity contribution >= 4 is 22.9 Å². The number of carboxylic acids is 1. The van der Waals surface area contributed by atoms with E-state index in [1.54, 1.807) is 18.2 Å². The molecule has 2 aromatic rings. The second kappa shape index (κ2) is 6.40. The average molecular weight is 284 g/mol. The fourth-order valence-corrected chi connectivity index (χ4v) is 1.90. The highest BCUT2D eigenvalue weighted by Gasteiger charge is 2.11. The van der Waals surface area contributed by atoms with E-state index >= 15 is 0 Å². The van der Waals surface area contributed by atoms with Crippen molar-refractivity contribution in [2.24, 2.45) is 5.11 Å². The molecule has 0 radical (unpaired) electrons. The molecule has 2 N–H and O–H groups in total. The molecule has 21 heavy (non-hydrogen) atoms. The van der Waals surface area contributed by atoms with Gasteiger partial charge in [-0.25, -0.2) is 4.79 Å². The monoisotopic (exact) mass is 284 g/mol. The van der Waals surface area contributed by atoms with Gasteiger partial charge in [0.15, 0.2) is 0 Å². The van der Waals surface area contributed by atoms with Gasteiger partial charge in [0.1, 0.15) is 5.56 Å². The minimum absolute atomic E-state index is 0.285. The molecule has 0 atom stereocenters. The molecule has 0 aliphatic rings. The molecule has 0 spiro atoms. The summed E-state index contributed by atoms with van der Waals surface area (Å²) in [4.78, 5) is 28.4. The summed E-state index contributed by atoms with van der Waals surface area (Å²) in [7, 11) is 0. The summed E-state index contributed by atoms with van der Waals surface area (Å²) in [6.45, 7) is 0.365. The molecule has 106 valence electrons. The lowest BCUT2D eigenvalue weighted by atomic mass is 10.1. The largest absolute Gasteiger partial charge is 0.477 e. The van der Waals surface area contributed by atoms with E-state index in [-0.39, 0.29) is 5.56 Å². The first-order valence-electron chi connectivity index (χ1n) is 6.19. The summed E-state index contributed by atoms with van der Waals surface area (Å²) in [5, 5.41) is 12.7. The van der Waals surface area contributed by atoms with Crippen molar-refractivity contribution in [2.75, 3.05) is 6.54 Å². The zero-order chi connectivity index (χ0) is 15.2. The predicted octanol–water partition coefficient (Wildman–Crippen LogP) is 2.94. The first kappa shape index (κ1) is 14.4. The van der Waals surface area contributed by atoms with Crippen LogP contribution in [0.1, 0.15) is 22.3 Å². The van der Waals surface area contributed by atoms with Crippen LogP contribution in [0, 0.1) is 0 Å². The Morgan fingerprint density at radius 2 is 2.29 bits per heavy atom. The van der Waals surface area contributed by atoms with E-state index in [0.717, 1.165) is 5.56 Å². The number of nitrogens with zero attached hydrogens (tertiary/aromatic N) is 3. The van der Waals surface area contributed by atoms with Gasteiger partial charge in [0.2, 0.25) is 5.43 Å². The molecule has 1 aromatic carbocycles. The van der Waals surface area contributed by atoms with Crippen LogP contribution in [0.25, 0.3) is 27.4 Å². The zero-order valence-electron chi connectivity index (χ0n) is 11.0. The SMILES string of the molecule is [N-]=[N+]=NCCC=Cc1ccc2[nH]cc(C(=O)O)c(=O)c2c1. The lowest BCUT2D eigenvalue weighted by molar-refractivity contribution is 0.0695. The Labute approximate surface area is 119 Å². The Morgan fingerprint density at radius 1 is 1.48 bits per heavy atom. The Hall–Kier alpha value is -3.05. The number of benzene rings is 1. The van der Waals surface area contributed by atoms with Crippen molar-refractivity contribution in [1.82, 2.24) is 4.98 Å². The molecule has 0 bridgehead atoms. The first-order chi connectivity index (χ1) is 10.1. The maximum atomic E-state index is 12.1. The third-order valence-electron chi connectivity index (χ3n) is 2.90. The average Bonchev–Trinajstić information content (AvgIpc) is 2.47. The zero-order valence-corrected chi connectivity index (χ0v) is 11.0. The number of hydrogen-bond acceptors (Lipinski definition) is 3. The maximum Gasteiger partial charge on any atom is 0.341 e. The molecule has 0 amide bonds. The van der Waals surface area contributed by atoms with E-state index < -0.39 is 11.4 Å². The van der Waals surface area contributed by atoms with Crippen molar-refractivity contribution in [2.45, 2.75) is 6.42 Å². The van der Waals surface area contributed by atoms with Crippen LogP contribution in [0.4, 0.5) is 0 Å².